The highest BCUT2D eigenvalue weighted by molar-refractivity contribution is 5.68. The van der Waals surface area contributed by atoms with E-state index in [0.29, 0.717) is 0 Å². The van der Waals surface area contributed by atoms with Crippen molar-refractivity contribution in [1.29, 1.82) is 0 Å². The summed E-state index contributed by atoms with van der Waals surface area (Å²) in [6.07, 6.45) is 3.03. The fraction of sp³-hybridized carbons (Fsp3) is 0.182. The first-order valence-electron chi connectivity index (χ1n) is 4.21. The van der Waals surface area contributed by atoms with Crippen LogP contribution in [0.3, 0.4) is 0 Å². The molecule has 0 aliphatic rings. The molecule has 0 saturated heterocycles. The number of hydrogen-bond donors (Lipinski definition) is 0. The first-order valence-corrected chi connectivity index (χ1v) is 4.21. The second kappa shape index (κ2) is 5.07. The Hall–Kier alpha value is -1.77. The normalized spacial score (nSPS) is 10.1. The van der Waals surface area contributed by atoms with Crippen molar-refractivity contribution in [3.05, 3.63) is 36.1 Å². The van der Waals surface area contributed by atoms with E-state index in [1.807, 2.05) is 24.3 Å². The molecule has 0 aromatic heterocycles. The molecule has 1 aromatic carbocycles. The van der Waals surface area contributed by atoms with Crippen LogP contribution in [0.25, 0.3) is 6.08 Å². The number of esters is 1. The summed E-state index contributed by atoms with van der Waals surface area (Å²) in [5, 5.41) is 0. The van der Waals surface area contributed by atoms with Crippen molar-refractivity contribution in [2.75, 3.05) is 7.11 Å². The molecule has 0 amide bonds. The van der Waals surface area contributed by atoms with Crippen molar-refractivity contribution in [1.82, 2.24) is 0 Å². The summed E-state index contributed by atoms with van der Waals surface area (Å²) >= 11 is 0. The second-order valence-corrected chi connectivity index (χ2v) is 2.65. The summed E-state index contributed by atoms with van der Waals surface area (Å²) in [6, 6.07) is 7.48. The van der Waals surface area contributed by atoms with E-state index in [0.717, 1.165) is 11.3 Å². The number of carbonyl (C=O) groups is 1. The van der Waals surface area contributed by atoms with E-state index in [-0.39, 0.29) is 5.97 Å². The van der Waals surface area contributed by atoms with Crippen molar-refractivity contribution in [3.8, 4) is 5.75 Å². The van der Waals surface area contributed by atoms with E-state index in [9.17, 15) is 4.79 Å². The van der Waals surface area contributed by atoms with Gasteiger partial charge in [0.25, 0.3) is 0 Å². The molecule has 0 radical (unpaired) electrons. The van der Waals surface area contributed by atoms with E-state index >= 15 is 0 Å². The van der Waals surface area contributed by atoms with E-state index in [1.54, 1.807) is 13.2 Å². The van der Waals surface area contributed by atoms with E-state index in [1.165, 1.54) is 13.2 Å². The fourth-order valence-corrected chi connectivity index (χ4v) is 1.01. The third-order valence-electron chi connectivity index (χ3n) is 1.62. The topological polar surface area (TPSA) is 35.5 Å². The molecular weight excluding hydrogens is 180 g/mol. The third-order valence-corrected chi connectivity index (χ3v) is 1.62. The zero-order valence-corrected chi connectivity index (χ0v) is 8.19. The minimum Gasteiger partial charge on any atom is -0.496 e. The Morgan fingerprint density at radius 3 is 2.71 bits per heavy atom. The highest BCUT2D eigenvalue weighted by Gasteiger charge is 1.96. The Morgan fingerprint density at radius 1 is 1.36 bits per heavy atom. The van der Waals surface area contributed by atoms with Gasteiger partial charge in [0.2, 0.25) is 0 Å². The van der Waals surface area contributed by atoms with Gasteiger partial charge in [-0.2, -0.15) is 0 Å². The lowest BCUT2D eigenvalue weighted by Crippen LogP contribution is -1.90. The largest absolute Gasteiger partial charge is 0.496 e. The van der Waals surface area contributed by atoms with Crippen LogP contribution in [0.2, 0.25) is 0 Å². The van der Waals surface area contributed by atoms with Gasteiger partial charge < -0.3 is 9.47 Å². The second-order valence-electron chi connectivity index (χ2n) is 2.65. The lowest BCUT2D eigenvalue weighted by Gasteiger charge is -2.02. The van der Waals surface area contributed by atoms with Gasteiger partial charge in [-0.25, -0.2) is 0 Å². The molecule has 0 atom stereocenters. The molecular formula is C11H12O3. The number of para-hydroxylation sites is 1. The van der Waals surface area contributed by atoms with Gasteiger partial charge in [0.15, 0.2) is 0 Å². The molecule has 0 N–H and O–H groups in total. The summed E-state index contributed by atoms with van der Waals surface area (Å²) in [5.74, 6) is 0.409. The predicted molar refractivity (Wildman–Crippen MR) is 53.8 cm³/mol. The Kier molecular flexibility index (Phi) is 3.73. The van der Waals surface area contributed by atoms with Gasteiger partial charge >= 0.3 is 5.97 Å². The molecule has 14 heavy (non-hydrogen) atoms. The van der Waals surface area contributed by atoms with Gasteiger partial charge in [0, 0.05) is 12.5 Å². The van der Waals surface area contributed by atoms with E-state index in [4.69, 9.17) is 4.74 Å². The zero-order chi connectivity index (χ0) is 10.4. The highest BCUT2D eigenvalue weighted by atomic mass is 16.5. The third kappa shape index (κ3) is 2.94. The highest BCUT2D eigenvalue weighted by Crippen LogP contribution is 2.18. The Labute approximate surface area is 83.0 Å². The molecule has 0 saturated carbocycles. The fourth-order valence-electron chi connectivity index (χ4n) is 1.01. The van der Waals surface area contributed by atoms with Crippen LogP contribution in [0.5, 0.6) is 5.75 Å². The molecule has 0 spiro atoms. The maximum atomic E-state index is 10.5. The first kappa shape index (κ1) is 10.3. The predicted octanol–water partition coefficient (Wildman–Crippen LogP) is 2.23. The molecule has 0 heterocycles. The van der Waals surface area contributed by atoms with Crippen molar-refractivity contribution < 1.29 is 14.3 Å². The lowest BCUT2D eigenvalue weighted by molar-refractivity contribution is -0.135. The van der Waals surface area contributed by atoms with E-state index in [2.05, 4.69) is 4.74 Å². The van der Waals surface area contributed by atoms with Gasteiger partial charge in [0.05, 0.1) is 13.4 Å². The Morgan fingerprint density at radius 2 is 2.07 bits per heavy atom. The van der Waals surface area contributed by atoms with Crippen LogP contribution in [-0.4, -0.2) is 13.1 Å². The van der Waals surface area contributed by atoms with Crippen molar-refractivity contribution in [3.63, 3.8) is 0 Å². The van der Waals surface area contributed by atoms with Crippen LogP contribution in [0.1, 0.15) is 12.5 Å². The first-order chi connectivity index (χ1) is 6.74. The molecule has 1 aromatic rings. The molecule has 3 nitrogen and oxygen atoms in total. The lowest BCUT2D eigenvalue weighted by atomic mass is 10.2. The molecule has 3 heteroatoms. The number of ether oxygens (including phenoxy) is 2. The quantitative estimate of drug-likeness (QED) is 0.544. The van der Waals surface area contributed by atoms with Crippen LogP contribution in [0.15, 0.2) is 30.5 Å². The molecule has 0 bridgehead atoms. The standard InChI is InChI=1S/C11H12O3/c1-9(12)14-8-7-10-5-3-4-6-11(10)13-2/h3-8H,1-2H3. The molecule has 0 aliphatic carbocycles. The maximum Gasteiger partial charge on any atom is 0.307 e. The van der Waals surface area contributed by atoms with Crippen LogP contribution in [-0.2, 0) is 9.53 Å². The van der Waals surface area contributed by atoms with Gasteiger partial charge in [-0.1, -0.05) is 18.2 Å². The van der Waals surface area contributed by atoms with Crippen molar-refractivity contribution in [2.24, 2.45) is 0 Å². The molecule has 0 fully saturated rings. The SMILES string of the molecule is COc1ccccc1C=COC(C)=O. The monoisotopic (exact) mass is 192 g/mol. The van der Waals surface area contributed by atoms with Crippen molar-refractivity contribution >= 4 is 12.0 Å². The summed E-state index contributed by atoms with van der Waals surface area (Å²) in [5.41, 5.74) is 0.872. The summed E-state index contributed by atoms with van der Waals surface area (Å²) in [6.45, 7) is 1.35. The minimum absolute atomic E-state index is 0.337. The molecule has 74 valence electrons. The van der Waals surface area contributed by atoms with Crippen LogP contribution < -0.4 is 4.74 Å². The van der Waals surface area contributed by atoms with Crippen LogP contribution in [0.4, 0.5) is 0 Å². The molecule has 0 unspecified atom stereocenters. The van der Waals surface area contributed by atoms with E-state index < -0.39 is 0 Å². The van der Waals surface area contributed by atoms with Crippen LogP contribution >= 0.6 is 0 Å². The molecule has 0 aliphatic heterocycles. The van der Waals surface area contributed by atoms with Gasteiger partial charge in [0.1, 0.15) is 5.75 Å². The number of methoxy groups -OCH3 is 1. The van der Waals surface area contributed by atoms with Gasteiger partial charge in [-0.3, -0.25) is 4.79 Å². The van der Waals surface area contributed by atoms with Crippen LogP contribution in [0, 0.1) is 0 Å². The van der Waals surface area contributed by atoms with Gasteiger partial charge in [-0.15, -0.1) is 0 Å². The Bertz CT molecular complexity index is 342. The average Bonchev–Trinajstić information content (AvgIpc) is 2.18. The maximum absolute atomic E-state index is 10.5. The minimum atomic E-state index is -0.337. The Balaban J connectivity index is 2.75. The summed E-state index contributed by atoms with van der Waals surface area (Å²) in [7, 11) is 1.60. The number of benzene rings is 1. The number of carbonyl (C=O) groups excluding carboxylic acids is 1. The number of rotatable bonds is 3. The van der Waals surface area contributed by atoms with Crippen molar-refractivity contribution in [2.45, 2.75) is 6.92 Å². The van der Waals surface area contributed by atoms with Gasteiger partial charge in [-0.05, 0) is 12.1 Å². The smallest absolute Gasteiger partial charge is 0.307 e. The number of hydrogen-bond acceptors (Lipinski definition) is 3. The summed E-state index contributed by atoms with van der Waals surface area (Å²) in [4.78, 5) is 10.5. The summed E-state index contributed by atoms with van der Waals surface area (Å²) < 4.78 is 9.78. The zero-order valence-electron chi connectivity index (χ0n) is 8.19. The average molecular weight is 192 g/mol. The molecule has 1 rings (SSSR count).